The molecule has 1 aliphatic carbocycles. The molecule has 2 amide bonds. The summed E-state index contributed by atoms with van der Waals surface area (Å²) in [6.07, 6.45) is 5.37. The monoisotopic (exact) mass is 352 g/mol. The van der Waals surface area contributed by atoms with Crippen LogP contribution in [0.3, 0.4) is 0 Å². The van der Waals surface area contributed by atoms with Gasteiger partial charge in [0, 0.05) is 39.0 Å². The summed E-state index contributed by atoms with van der Waals surface area (Å²) in [6.45, 7) is 1.23. The van der Waals surface area contributed by atoms with Crippen molar-refractivity contribution >= 4 is 17.5 Å². The van der Waals surface area contributed by atoms with Gasteiger partial charge in [-0.1, -0.05) is 0 Å². The van der Waals surface area contributed by atoms with Crippen LogP contribution in [0.15, 0.2) is 47.7 Å². The number of nitrogens with zero attached hydrogens (tertiary/aromatic N) is 3. The summed E-state index contributed by atoms with van der Waals surface area (Å²) in [7, 11) is 1.64. The normalized spacial score (nSPS) is 23.4. The van der Waals surface area contributed by atoms with Gasteiger partial charge in [-0.25, -0.2) is 0 Å². The number of aryl methyl sites for hydroxylation is 1. The number of amides is 2. The van der Waals surface area contributed by atoms with Crippen LogP contribution < -0.4 is 10.9 Å². The molecule has 1 unspecified atom stereocenters. The molecule has 3 heterocycles. The molecule has 1 N–H and O–H groups in total. The van der Waals surface area contributed by atoms with Crippen LogP contribution in [0.5, 0.6) is 0 Å². The number of pyridine rings is 2. The van der Waals surface area contributed by atoms with Crippen molar-refractivity contribution in [2.24, 2.45) is 24.8 Å². The number of piperidine rings is 1. The fourth-order valence-corrected chi connectivity index (χ4v) is 3.91. The molecule has 1 saturated carbocycles. The first-order chi connectivity index (χ1) is 12.5. The number of carbonyl (C=O) groups is 2. The Bertz CT molecular complexity index is 897. The van der Waals surface area contributed by atoms with Crippen molar-refractivity contribution < 1.29 is 9.59 Å². The van der Waals surface area contributed by atoms with Crippen molar-refractivity contribution in [2.75, 3.05) is 18.4 Å². The van der Waals surface area contributed by atoms with E-state index in [2.05, 4.69) is 10.3 Å². The molecule has 1 saturated heterocycles. The number of aromatic nitrogens is 2. The molecule has 134 valence electrons. The molecule has 0 aromatic carbocycles. The molecule has 0 spiro atoms. The predicted molar refractivity (Wildman–Crippen MR) is 95.5 cm³/mol. The quantitative estimate of drug-likeness (QED) is 0.894. The van der Waals surface area contributed by atoms with Gasteiger partial charge in [0.2, 0.25) is 5.91 Å². The third kappa shape index (κ3) is 3.00. The summed E-state index contributed by atoms with van der Waals surface area (Å²) in [4.78, 5) is 42.5. The minimum Gasteiger partial charge on any atom is -0.338 e. The average molecular weight is 352 g/mol. The Labute approximate surface area is 150 Å². The molecule has 2 aromatic heterocycles. The maximum Gasteiger partial charge on any atom is 0.263 e. The molecular formula is C19H20N4O3. The first kappa shape index (κ1) is 16.5. The molecule has 2 aliphatic rings. The van der Waals surface area contributed by atoms with Gasteiger partial charge in [0.15, 0.2) is 0 Å². The van der Waals surface area contributed by atoms with Gasteiger partial charge in [0.25, 0.3) is 11.5 Å². The van der Waals surface area contributed by atoms with Crippen molar-refractivity contribution in [3.8, 4) is 0 Å². The molecule has 7 nitrogen and oxygen atoms in total. The largest absolute Gasteiger partial charge is 0.338 e. The lowest BCUT2D eigenvalue weighted by Gasteiger charge is -2.19. The van der Waals surface area contributed by atoms with Crippen LogP contribution in [0.1, 0.15) is 16.8 Å². The third-order valence-electron chi connectivity index (χ3n) is 5.38. The van der Waals surface area contributed by atoms with Crippen LogP contribution in [-0.4, -0.2) is 39.4 Å². The zero-order chi connectivity index (χ0) is 18.3. The highest BCUT2D eigenvalue weighted by Crippen LogP contribution is 2.53. The van der Waals surface area contributed by atoms with E-state index in [1.54, 1.807) is 54.8 Å². The Balaban J connectivity index is 1.32. The van der Waals surface area contributed by atoms with Gasteiger partial charge in [0.1, 0.15) is 5.56 Å². The number of rotatable bonds is 4. The zero-order valence-corrected chi connectivity index (χ0v) is 14.5. The Morgan fingerprint density at radius 2 is 2.00 bits per heavy atom. The molecular weight excluding hydrogens is 332 g/mol. The van der Waals surface area contributed by atoms with E-state index < -0.39 is 0 Å². The summed E-state index contributed by atoms with van der Waals surface area (Å²) >= 11 is 0. The highest BCUT2D eigenvalue weighted by Gasteiger charge is 2.57. The van der Waals surface area contributed by atoms with Crippen LogP contribution in [0.4, 0.5) is 5.69 Å². The van der Waals surface area contributed by atoms with Gasteiger partial charge in [-0.05, 0) is 42.0 Å². The minimum absolute atomic E-state index is 0.0211. The summed E-state index contributed by atoms with van der Waals surface area (Å²) < 4.78 is 1.41. The van der Waals surface area contributed by atoms with E-state index in [1.807, 2.05) is 0 Å². The number of fused-ring (bicyclic) bond motifs is 1. The van der Waals surface area contributed by atoms with E-state index in [-0.39, 0.29) is 22.9 Å². The van der Waals surface area contributed by atoms with Crippen LogP contribution in [0.25, 0.3) is 0 Å². The van der Waals surface area contributed by atoms with Gasteiger partial charge in [-0.3, -0.25) is 19.4 Å². The molecule has 0 bridgehead atoms. The topological polar surface area (TPSA) is 84.3 Å². The van der Waals surface area contributed by atoms with Crippen molar-refractivity contribution in [1.82, 2.24) is 14.5 Å². The van der Waals surface area contributed by atoms with E-state index in [1.165, 1.54) is 4.57 Å². The van der Waals surface area contributed by atoms with E-state index in [0.717, 1.165) is 0 Å². The zero-order valence-electron chi connectivity index (χ0n) is 14.5. The summed E-state index contributed by atoms with van der Waals surface area (Å²) in [5.41, 5.74) is 0.632. The Kier molecular flexibility index (Phi) is 4.06. The van der Waals surface area contributed by atoms with Crippen molar-refractivity contribution in [3.05, 3.63) is 58.8 Å². The van der Waals surface area contributed by atoms with Crippen LogP contribution >= 0.6 is 0 Å². The maximum absolute atomic E-state index is 12.6. The molecule has 3 atom stereocenters. The summed E-state index contributed by atoms with van der Waals surface area (Å²) in [6, 6.07) is 6.86. The van der Waals surface area contributed by atoms with Crippen molar-refractivity contribution in [2.45, 2.75) is 6.42 Å². The van der Waals surface area contributed by atoms with E-state index >= 15 is 0 Å². The van der Waals surface area contributed by atoms with Crippen LogP contribution in [-0.2, 0) is 11.8 Å². The number of carbonyl (C=O) groups excluding carboxylic acids is 2. The second-order valence-corrected chi connectivity index (χ2v) is 7.03. The van der Waals surface area contributed by atoms with Gasteiger partial charge in [0.05, 0.1) is 11.9 Å². The standard InChI is InChI=1S/C19H20N4O3/c1-22-7-3-5-13(18(22)25)19(26)23-10-15-14(16(15)11-23)8-17(24)21-12-4-2-6-20-9-12/h2-7,9,14-16H,8,10-11H2,1H3,(H,21,24)/t14?,15-,16+. The molecule has 2 aromatic rings. The highest BCUT2D eigenvalue weighted by atomic mass is 16.2. The Hall–Kier alpha value is -2.96. The molecule has 2 fully saturated rings. The molecule has 4 rings (SSSR count). The average Bonchev–Trinajstić information content (AvgIpc) is 3.06. The molecule has 1 aliphatic heterocycles. The number of likely N-dealkylation sites (tertiary alicyclic amines) is 1. The number of hydrogen-bond donors (Lipinski definition) is 1. The SMILES string of the molecule is Cn1cccc(C(=O)N2C[C@@H]3C(CC(=O)Nc4cccnc4)[C@@H]3C2)c1=O. The fraction of sp³-hybridized carbons (Fsp3) is 0.368. The van der Waals surface area contributed by atoms with Gasteiger partial charge < -0.3 is 14.8 Å². The van der Waals surface area contributed by atoms with E-state index in [4.69, 9.17) is 0 Å². The van der Waals surface area contributed by atoms with Crippen molar-refractivity contribution in [3.63, 3.8) is 0 Å². The van der Waals surface area contributed by atoms with Crippen LogP contribution in [0.2, 0.25) is 0 Å². The molecule has 26 heavy (non-hydrogen) atoms. The van der Waals surface area contributed by atoms with Gasteiger partial charge >= 0.3 is 0 Å². The van der Waals surface area contributed by atoms with Crippen molar-refractivity contribution in [1.29, 1.82) is 0 Å². The number of anilines is 1. The smallest absolute Gasteiger partial charge is 0.263 e. The first-order valence-corrected chi connectivity index (χ1v) is 8.69. The van der Waals surface area contributed by atoms with Gasteiger partial charge in [-0.15, -0.1) is 0 Å². The number of hydrogen-bond acceptors (Lipinski definition) is 4. The Morgan fingerprint density at radius 3 is 2.69 bits per heavy atom. The van der Waals surface area contributed by atoms with Gasteiger partial charge in [-0.2, -0.15) is 0 Å². The third-order valence-corrected chi connectivity index (χ3v) is 5.38. The first-order valence-electron chi connectivity index (χ1n) is 8.69. The fourth-order valence-electron chi connectivity index (χ4n) is 3.91. The van der Waals surface area contributed by atoms with Crippen LogP contribution in [0, 0.1) is 17.8 Å². The second-order valence-electron chi connectivity index (χ2n) is 7.03. The minimum atomic E-state index is -0.273. The lowest BCUT2D eigenvalue weighted by Crippen LogP contribution is -2.36. The summed E-state index contributed by atoms with van der Waals surface area (Å²) in [5.74, 6) is 0.788. The number of nitrogens with one attached hydrogen (secondary N) is 1. The lowest BCUT2D eigenvalue weighted by molar-refractivity contribution is -0.116. The lowest BCUT2D eigenvalue weighted by atomic mass is 10.1. The predicted octanol–water partition coefficient (Wildman–Crippen LogP) is 1.13. The summed E-state index contributed by atoms with van der Waals surface area (Å²) in [5, 5.41) is 2.85. The molecule has 0 radical (unpaired) electrons. The molecule has 7 heteroatoms. The highest BCUT2D eigenvalue weighted by molar-refractivity contribution is 5.94. The Morgan fingerprint density at radius 1 is 1.23 bits per heavy atom. The van der Waals surface area contributed by atoms with E-state index in [9.17, 15) is 14.4 Å². The maximum atomic E-state index is 12.6. The van der Waals surface area contributed by atoms with E-state index in [0.29, 0.717) is 43.0 Å². The second kappa shape index (κ2) is 6.40.